The highest BCUT2D eigenvalue weighted by Crippen LogP contribution is 1.99. The lowest BCUT2D eigenvalue weighted by atomic mass is 10.1. The van der Waals surface area contributed by atoms with E-state index in [1.807, 2.05) is 0 Å². The van der Waals surface area contributed by atoms with Gasteiger partial charge >= 0.3 is 5.97 Å². The molecule has 1 atom stereocenters. The van der Waals surface area contributed by atoms with Crippen molar-refractivity contribution < 1.29 is 28.2 Å². The second-order valence-corrected chi connectivity index (χ2v) is 3.72. The molecule has 0 aliphatic carbocycles. The lowest BCUT2D eigenvalue weighted by Crippen LogP contribution is -2.30. The van der Waals surface area contributed by atoms with Crippen LogP contribution in [0.5, 0.6) is 0 Å². The Morgan fingerprint density at radius 2 is 2.06 bits per heavy atom. The molecular weight excluding hydrogens is 236 g/mol. The van der Waals surface area contributed by atoms with Crippen molar-refractivity contribution in [1.29, 1.82) is 0 Å². The van der Waals surface area contributed by atoms with Gasteiger partial charge in [-0.25, -0.2) is 8.78 Å². The molecule has 17 heavy (non-hydrogen) atoms. The van der Waals surface area contributed by atoms with E-state index in [0.717, 1.165) is 0 Å². The number of halogens is 2. The summed E-state index contributed by atoms with van der Waals surface area (Å²) in [6.07, 6.45) is -2.57. The highest BCUT2D eigenvalue weighted by Gasteiger charge is 2.09. The fourth-order valence-electron chi connectivity index (χ4n) is 1.08. The van der Waals surface area contributed by atoms with Crippen LogP contribution in [0.2, 0.25) is 0 Å². The summed E-state index contributed by atoms with van der Waals surface area (Å²) < 4.78 is 27.8. The maximum atomic E-state index is 11.7. The number of carboxylic acids is 1. The van der Waals surface area contributed by atoms with E-state index in [1.54, 1.807) is 6.92 Å². The van der Waals surface area contributed by atoms with E-state index in [2.05, 4.69) is 10.1 Å². The zero-order valence-electron chi connectivity index (χ0n) is 9.62. The molecule has 0 aromatic heterocycles. The monoisotopic (exact) mass is 253 g/mol. The molecule has 0 aromatic rings. The van der Waals surface area contributed by atoms with E-state index < -0.39 is 19.0 Å². The molecule has 0 aromatic carbocycles. The Hall–Kier alpha value is -1.24. The smallest absolute Gasteiger partial charge is 0.303 e. The van der Waals surface area contributed by atoms with Crippen LogP contribution in [0.15, 0.2) is 0 Å². The summed E-state index contributed by atoms with van der Waals surface area (Å²) >= 11 is 0. The summed E-state index contributed by atoms with van der Waals surface area (Å²) in [5.74, 6) is -1.43. The minimum atomic E-state index is -2.53. The van der Waals surface area contributed by atoms with Gasteiger partial charge in [0.1, 0.15) is 6.61 Å². The van der Waals surface area contributed by atoms with Gasteiger partial charge in [0.15, 0.2) is 0 Å². The summed E-state index contributed by atoms with van der Waals surface area (Å²) in [5, 5.41) is 11.0. The van der Waals surface area contributed by atoms with Crippen molar-refractivity contribution in [2.45, 2.75) is 26.2 Å². The van der Waals surface area contributed by atoms with E-state index in [1.165, 1.54) is 0 Å². The normalized spacial score (nSPS) is 12.5. The third kappa shape index (κ3) is 11.0. The number of carbonyl (C=O) groups is 2. The van der Waals surface area contributed by atoms with Crippen molar-refractivity contribution in [2.75, 3.05) is 19.8 Å². The van der Waals surface area contributed by atoms with Crippen LogP contribution in [-0.2, 0) is 14.3 Å². The number of alkyl halides is 2. The molecule has 0 rings (SSSR count). The largest absolute Gasteiger partial charge is 0.481 e. The predicted molar refractivity (Wildman–Crippen MR) is 55.9 cm³/mol. The van der Waals surface area contributed by atoms with Crippen LogP contribution in [0.25, 0.3) is 0 Å². The second-order valence-electron chi connectivity index (χ2n) is 3.72. The van der Waals surface area contributed by atoms with Crippen LogP contribution in [0.3, 0.4) is 0 Å². The van der Waals surface area contributed by atoms with Crippen LogP contribution in [-0.4, -0.2) is 43.2 Å². The molecule has 0 aliphatic heterocycles. The van der Waals surface area contributed by atoms with Crippen molar-refractivity contribution in [3.05, 3.63) is 0 Å². The van der Waals surface area contributed by atoms with Gasteiger partial charge in [-0.2, -0.15) is 0 Å². The molecule has 2 N–H and O–H groups in total. The summed E-state index contributed by atoms with van der Waals surface area (Å²) in [4.78, 5) is 21.5. The fraction of sp³-hybridized carbons (Fsp3) is 0.800. The highest BCUT2D eigenvalue weighted by atomic mass is 19.3. The number of rotatable bonds is 9. The summed E-state index contributed by atoms with van der Waals surface area (Å²) in [6, 6.07) is 0. The third-order valence-electron chi connectivity index (χ3n) is 1.89. The lowest BCUT2D eigenvalue weighted by molar-refractivity contribution is -0.138. The van der Waals surface area contributed by atoms with Gasteiger partial charge in [-0.1, -0.05) is 6.92 Å². The van der Waals surface area contributed by atoms with Gasteiger partial charge in [0.2, 0.25) is 5.91 Å². The molecule has 100 valence electrons. The Kier molecular flexibility index (Phi) is 8.21. The average molecular weight is 253 g/mol. The van der Waals surface area contributed by atoms with Crippen LogP contribution in [0.4, 0.5) is 8.78 Å². The molecule has 5 nitrogen and oxygen atoms in total. The van der Waals surface area contributed by atoms with Gasteiger partial charge < -0.3 is 15.2 Å². The molecule has 0 spiro atoms. The SMILES string of the molecule is CC(CNC(=O)CCOCC(F)F)CC(=O)O. The molecule has 0 heterocycles. The van der Waals surface area contributed by atoms with Crippen LogP contribution < -0.4 is 5.32 Å². The number of nitrogens with one attached hydrogen (secondary N) is 1. The molecule has 1 unspecified atom stereocenters. The Morgan fingerprint density at radius 1 is 1.41 bits per heavy atom. The van der Waals surface area contributed by atoms with E-state index in [9.17, 15) is 18.4 Å². The number of carboxylic acid groups (broad SMARTS) is 1. The predicted octanol–water partition coefficient (Wildman–Crippen LogP) is 0.885. The quantitative estimate of drug-likeness (QED) is 0.598. The van der Waals surface area contributed by atoms with Crippen LogP contribution in [0, 0.1) is 5.92 Å². The Balaban J connectivity index is 3.49. The molecule has 0 bridgehead atoms. The second kappa shape index (κ2) is 8.86. The van der Waals surface area contributed by atoms with E-state index in [-0.39, 0.29) is 37.8 Å². The standard InChI is InChI=1S/C10H17F2NO4/c1-7(4-10(15)16)5-13-9(14)2-3-17-6-8(11)12/h7-8H,2-6H2,1H3,(H,13,14)(H,15,16). The number of aliphatic carboxylic acids is 1. The van der Waals surface area contributed by atoms with Gasteiger partial charge in [0.25, 0.3) is 6.43 Å². The first kappa shape index (κ1) is 15.8. The van der Waals surface area contributed by atoms with Gasteiger partial charge in [-0.15, -0.1) is 0 Å². The molecular formula is C10H17F2NO4. The average Bonchev–Trinajstić information content (AvgIpc) is 2.20. The first-order chi connectivity index (χ1) is 7.91. The molecule has 7 heteroatoms. The molecule has 0 saturated carbocycles. The molecule has 0 fully saturated rings. The summed E-state index contributed by atoms with van der Waals surface area (Å²) in [7, 11) is 0. The van der Waals surface area contributed by atoms with Crippen LogP contribution in [0.1, 0.15) is 19.8 Å². The first-order valence-corrected chi connectivity index (χ1v) is 5.26. The fourth-order valence-corrected chi connectivity index (χ4v) is 1.08. The lowest BCUT2D eigenvalue weighted by Gasteiger charge is -2.10. The van der Waals surface area contributed by atoms with E-state index in [0.29, 0.717) is 0 Å². The number of hydrogen-bond donors (Lipinski definition) is 2. The van der Waals surface area contributed by atoms with Crippen LogP contribution >= 0.6 is 0 Å². The minimum absolute atomic E-state index is 0.00743. The number of amides is 1. The molecule has 0 radical (unpaired) electrons. The highest BCUT2D eigenvalue weighted by molar-refractivity contribution is 5.76. The topological polar surface area (TPSA) is 75.6 Å². The zero-order chi connectivity index (χ0) is 13.3. The van der Waals surface area contributed by atoms with Gasteiger partial charge in [0.05, 0.1) is 6.61 Å². The van der Waals surface area contributed by atoms with Gasteiger partial charge in [-0.3, -0.25) is 9.59 Å². The third-order valence-corrected chi connectivity index (χ3v) is 1.89. The van der Waals surface area contributed by atoms with Crippen molar-refractivity contribution in [3.8, 4) is 0 Å². The van der Waals surface area contributed by atoms with Crippen molar-refractivity contribution >= 4 is 11.9 Å². The zero-order valence-corrected chi connectivity index (χ0v) is 9.62. The maximum absolute atomic E-state index is 11.7. The number of hydrogen-bond acceptors (Lipinski definition) is 3. The Morgan fingerprint density at radius 3 is 2.59 bits per heavy atom. The maximum Gasteiger partial charge on any atom is 0.303 e. The number of carbonyl (C=O) groups excluding carboxylic acids is 1. The Labute approximate surface area is 98.1 Å². The first-order valence-electron chi connectivity index (χ1n) is 5.26. The van der Waals surface area contributed by atoms with E-state index in [4.69, 9.17) is 5.11 Å². The van der Waals surface area contributed by atoms with Crippen molar-refractivity contribution in [2.24, 2.45) is 5.92 Å². The van der Waals surface area contributed by atoms with Gasteiger partial charge in [-0.05, 0) is 5.92 Å². The number of ether oxygens (including phenoxy) is 1. The Bertz CT molecular complexity index is 248. The van der Waals surface area contributed by atoms with E-state index >= 15 is 0 Å². The molecule has 1 amide bonds. The van der Waals surface area contributed by atoms with Crippen molar-refractivity contribution in [3.63, 3.8) is 0 Å². The minimum Gasteiger partial charge on any atom is -0.481 e. The summed E-state index contributed by atoms with van der Waals surface area (Å²) in [6.45, 7) is 1.20. The van der Waals surface area contributed by atoms with Gasteiger partial charge in [0, 0.05) is 19.4 Å². The molecule has 0 saturated heterocycles. The summed E-state index contributed by atoms with van der Waals surface area (Å²) in [5.41, 5.74) is 0. The molecule has 0 aliphatic rings. The van der Waals surface area contributed by atoms with Crippen molar-refractivity contribution in [1.82, 2.24) is 5.32 Å².